The molecule has 0 aliphatic rings. The second kappa shape index (κ2) is 15.5. The predicted octanol–water partition coefficient (Wildman–Crippen LogP) is 3.99. The fourth-order valence-corrected chi connectivity index (χ4v) is 3.69. The van der Waals surface area contributed by atoms with Crippen LogP contribution in [0.25, 0.3) is 0 Å². The molecule has 0 fully saturated rings. The van der Waals surface area contributed by atoms with Crippen molar-refractivity contribution in [2.45, 2.75) is 19.8 Å². The Bertz CT molecular complexity index is 1350. The van der Waals surface area contributed by atoms with Gasteiger partial charge in [0.2, 0.25) is 11.7 Å². The predicted molar refractivity (Wildman–Crippen MR) is 152 cm³/mol. The van der Waals surface area contributed by atoms with Crippen molar-refractivity contribution in [1.29, 1.82) is 0 Å². The molecule has 0 unspecified atom stereocenters. The summed E-state index contributed by atoms with van der Waals surface area (Å²) in [4.78, 5) is 37.1. The molecule has 41 heavy (non-hydrogen) atoms. The molecule has 0 spiro atoms. The van der Waals surface area contributed by atoms with Gasteiger partial charge in [0.25, 0.3) is 5.91 Å². The first kappa shape index (κ1) is 30.5. The molecule has 11 nitrogen and oxygen atoms in total. The Morgan fingerprint density at radius 3 is 2.17 bits per heavy atom. The molecular formula is C30H33N3O8. The summed E-state index contributed by atoms with van der Waals surface area (Å²) in [6.45, 7) is 2.49. The Kier molecular flexibility index (Phi) is 11.5. The van der Waals surface area contributed by atoms with E-state index < -0.39 is 5.97 Å². The van der Waals surface area contributed by atoms with Crippen molar-refractivity contribution >= 4 is 24.0 Å². The van der Waals surface area contributed by atoms with E-state index in [1.54, 1.807) is 49.4 Å². The molecule has 0 aliphatic carbocycles. The number of amides is 2. The number of hydrogen-bond acceptors (Lipinski definition) is 9. The second-order valence-corrected chi connectivity index (χ2v) is 8.46. The third-order valence-corrected chi connectivity index (χ3v) is 5.68. The maximum absolute atomic E-state index is 12.9. The molecule has 2 amide bonds. The molecule has 0 heterocycles. The monoisotopic (exact) mass is 563 g/mol. The van der Waals surface area contributed by atoms with Crippen LogP contribution in [0.15, 0.2) is 65.8 Å². The highest BCUT2D eigenvalue weighted by Crippen LogP contribution is 2.38. The zero-order valence-electron chi connectivity index (χ0n) is 23.4. The van der Waals surface area contributed by atoms with Gasteiger partial charge in [0, 0.05) is 18.5 Å². The summed E-state index contributed by atoms with van der Waals surface area (Å²) < 4.78 is 27.2. The highest BCUT2D eigenvalue weighted by Gasteiger charge is 2.20. The molecule has 3 rings (SSSR count). The summed E-state index contributed by atoms with van der Waals surface area (Å²) in [5, 5.41) is 6.76. The van der Waals surface area contributed by atoms with Crippen LogP contribution in [-0.2, 0) is 4.79 Å². The number of hydrogen-bond donors (Lipinski definition) is 2. The molecule has 216 valence electrons. The van der Waals surface area contributed by atoms with E-state index in [4.69, 9.17) is 23.7 Å². The van der Waals surface area contributed by atoms with E-state index in [0.29, 0.717) is 53.7 Å². The van der Waals surface area contributed by atoms with Crippen LogP contribution >= 0.6 is 0 Å². The van der Waals surface area contributed by atoms with Crippen LogP contribution in [0.2, 0.25) is 0 Å². The number of rotatable bonds is 14. The van der Waals surface area contributed by atoms with E-state index in [1.807, 2.05) is 6.07 Å². The number of methoxy groups -OCH3 is 3. The second-order valence-electron chi connectivity index (χ2n) is 8.46. The third kappa shape index (κ3) is 8.72. The Hall–Kier alpha value is -5.06. The lowest BCUT2D eigenvalue weighted by molar-refractivity contribution is -0.121. The molecule has 0 bridgehead atoms. The average Bonchev–Trinajstić information content (AvgIpc) is 3.00. The molecule has 0 radical (unpaired) electrons. The fraction of sp³-hybridized carbons (Fsp3) is 0.267. The number of nitrogens with zero attached hydrogens (tertiary/aromatic N) is 1. The lowest BCUT2D eigenvalue weighted by atomic mass is 10.1. The van der Waals surface area contributed by atoms with Crippen molar-refractivity contribution in [3.63, 3.8) is 0 Å². The lowest BCUT2D eigenvalue weighted by Gasteiger charge is -2.15. The van der Waals surface area contributed by atoms with E-state index in [0.717, 1.165) is 0 Å². The quantitative estimate of drug-likeness (QED) is 0.0989. The first-order valence-corrected chi connectivity index (χ1v) is 12.8. The van der Waals surface area contributed by atoms with Gasteiger partial charge in [-0.05, 0) is 61.4 Å². The van der Waals surface area contributed by atoms with E-state index in [2.05, 4.69) is 15.8 Å². The van der Waals surface area contributed by atoms with Crippen molar-refractivity contribution in [1.82, 2.24) is 10.7 Å². The van der Waals surface area contributed by atoms with Gasteiger partial charge in [-0.25, -0.2) is 10.2 Å². The highest BCUT2D eigenvalue weighted by molar-refractivity contribution is 5.94. The molecule has 3 aromatic rings. The first-order valence-electron chi connectivity index (χ1n) is 12.8. The van der Waals surface area contributed by atoms with Crippen LogP contribution in [0.3, 0.4) is 0 Å². The van der Waals surface area contributed by atoms with Crippen molar-refractivity contribution in [3.05, 3.63) is 77.4 Å². The summed E-state index contributed by atoms with van der Waals surface area (Å²) in [5.41, 5.74) is 3.82. The van der Waals surface area contributed by atoms with Crippen LogP contribution in [0.4, 0.5) is 0 Å². The van der Waals surface area contributed by atoms with Crippen LogP contribution < -0.4 is 34.4 Å². The topological polar surface area (TPSA) is 134 Å². The van der Waals surface area contributed by atoms with Gasteiger partial charge in [-0.3, -0.25) is 9.59 Å². The fourth-order valence-electron chi connectivity index (χ4n) is 3.69. The van der Waals surface area contributed by atoms with E-state index in [9.17, 15) is 14.4 Å². The number of benzene rings is 3. The molecule has 2 N–H and O–H groups in total. The lowest BCUT2D eigenvalue weighted by Crippen LogP contribution is -2.26. The zero-order chi connectivity index (χ0) is 29.6. The van der Waals surface area contributed by atoms with Crippen LogP contribution in [-0.4, -0.2) is 58.5 Å². The standard InChI is InChI=1S/C30H33N3O8/c1-5-40-24-16-20(19-32-33-27(34)12-9-15-31-29(35)21-10-7-6-8-11-21)13-14-23(24)41-30(36)22-17-25(37-2)28(39-4)26(18-22)38-3/h6-8,10-11,13-14,16-19H,5,9,12,15H2,1-4H3,(H,31,35)(H,33,34)/b32-19+. The highest BCUT2D eigenvalue weighted by atomic mass is 16.6. The van der Waals surface area contributed by atoms with E-state index in [1.165, 1.54) is 39.7 Å². The van der Waals surface area contributed by atoms with Crippen LogP contribution in [0.5, 0.6) is 28.7 Å². The number of nitrogens with one attached hydrogen (secondary N) is 2. The summed E-state index contributed by atoms with van der Waals surface area (Å²) in [6.07, 6.45) is 2.09. The number of carbonyl (C=O) groups excluding carboxylic acids is 3. The third-order valence-electron chi connectivity index (χ3n) is 5.68. The van der Waals surface area contributed by atoms with Gasteiger partial charge in [0.05, 0.1) is 39.7 Å². The molecule has 0 saturated heterocycles. The molecule has 0 aliphatic heterocycles. The molecule has 0 saturated carbocycles. The maximum Gasteiger partial charge on any atom is 0.343 e. The summed E-state index contributed by atoms with van der Waals surface area (Å²) in [6, 6.07) is 16.7. The summed E-state index contributed by atoms with van der Waals surface area (Å²) >= 11 is 0. The molecule has 11 heteroatoms. The molecule has 0 aromatic heterocycles. The van der Waals surface area contributed by atoms with E-state index >= 15 is 0 Å². The Balaban J connectivity index is 1.57. The number of esters is 1. The zero-order valence-corrected chi connectivity index (χ0v) is 23.4. The Morgan fingerprint density at radius 2 is 1.54 bits per heavy atom. The van der Waals surface area contributed by atoms with Crippen molar-refractivity contribution < 1.29 is 38.1 Å². The molecular weight excluding hydrogens is 530 g/mol. The number of hydrazone groups is 1. The smallest absolute Gasteiger partial charge is 0.343 e. The first-order chi connectivity index (χ1) is 19.9. The van der Waals surface area contributed by atoms with Gasteiger partial charge in [-0.2, -0.15) is 5.10 Å². The van der Waals surface area contributed by atoms with Crippen molar-refractivity contribution in [3.8, 4) is 28.7 Å². The van der Waals surface area contributed by atoms with Gasteiger partial charge in [-0.15, -0.1) is 0 Å². The summed E-state index contributed by atoms with van der Waals surface area (Å²) in [7, 11) is 4.38. The van der Waals surface area contributed by atoms with Gasteiger partial charge < -0.3 is 29.0 Å². The Labute approximate surface area is 238 Å². The minimum atomic E-state index is -0.654. The van der Waals surface area contributed by atoms with Gasteiger partial charge in [0.15, 0.2) is 23.0 Å². The Morgan fingerprint density at radius 1 is 0.829 bits per heavy atom. The van der Waals surface area contributed by atoms with Gasteiger partial charge in [0.1, 0.15) is 0 Å². The number of carbonyl (C=O) groups is 3. The normalized spacial score (nSPS) is 10.5. The van der Waals surface area contributed by atoms with Crippen LogP contribution in [0, 0.1) is 0 Å². The minimum Gasteiger partial charge on any atom is -0.493 e. The largest absolute Gasteiger partial charge is 0.493 e. The molecule has 3 aromatic carbocycles. The van der Waals surface area contributed by atoms with Gasteiger partial charge >= 0.3 is 5.97 Å². The number of ether oxygens (including phenoxy) is 5. The average molecular weight is 564 g/mol. The molecule has 0 atom stereocenters. The van der Waals surface area contributed by atoms with Crippen LogP contribution in [0.1, 0.15) is 46.0 Å². The van der Waals surface area contributed by atoms with Crippen molar-refractivity contribution in [2.24, 2.45) is 5.10 Å². The van der Waals surface area contributed by atoms with Gasteiger partial charge in [-0.1, -0.05) is 18.2 Å². The maximum atomic E-state index is 12.9. The minimum absolute atomic E-state index is 0.187. The van der Waals surface area contributed by atoms with E-state index in [-0.39, 0.29) is 29.5 Å². The van der Waals surface area contributed by atoms with Crippen molar-refractivity contribution in [2.75, 3.05) is 34.5 Å². The summed E-state index contributed by atoms with van der Waals surface area (Å²) in [5.74, 6) is 0.361. The SMILES string of the molecule is CCOc1cc(/C=N/NC(=O)CCCNC(=O)c2ccccc2)ccc1OC(=O)c1cc(OC)c(OC)c(OC)c1.